The number of ether oxygens (including phenoxy) is 3. The molecule has 0 fully saturated rings. The zero-order valence-corrected chi connectivity index (χ0v) is 14.0. The van der Waals surface area contributed by atoms with E-state index < -0.39 is 0 Å². The number of hydrogen-bond donors (Lipinski definition) is 0. The zero-order chi connectivity index (χ0) is 17.0. The molecule has 2 aromatic rings. The van der Waals surface area contributed by atoms with E-state index in [0.717, 1.165) is 5.56 Å². The summed E-state index contributed by atoms with van der Waals surface area (Å²) in [6.07, 6.45) is 0. The van der Waals surface area contributed by atoms with Gasteiger partial charge in [0.2, 0.25) is 5.75 Å². The van der Waals surface area contributed by atoms with Crippen LogP contribution in [0.3, 0.4) is 0 Å². The van der Waals surface area contributed by atoms with Crippen molar-refractivity contribution in [2.24, 2.45) is 0 Å². The quantitative estimate of drug-likeness (QED) is 0.849. The van der Waals surface area contributed by atoms with Crippen molar-refractivity contribution in [2.75, 3.05) is 33.3 Å². The SMILES string of the molecule is COc1cc(N(C)C(=O)c2ccc(C)cc2)cc(OC)c1OC. The summed E-state index contributed by atoms with van der Waals surface area (Å²) in [4.78, 5) is 14.2. The average Bonchev–Trinajstić information content (AvgIpc) is 2.59. The second-order valence-corrected chi connectivity index (χ2v) is 5.11. The van der Waals surface area contributed by atoms with Gasteiger partial charge in [-0.15, -0.1) is 0 Å². The van der Waals surface area contributed by atoms with Crippen LogP contribution in [0, 0.1) is 6.92 Å². The fourth-order valence-corrected chi connectivity index (χ4v) is 2.27. The number of benzene rings is 2. The molecular formula is C18H21NO4. The normalized spacial score (nSPS) is 10.1. The van der Waals surface area contributed by atoms with Crippen LogP contribution in [0.2, 0.25) is 0 Å². The first-order valence-corrected chi connectivity index (χ1v) is 7.16. The second-order valence-electron chi connectivity index (χ2n) is 5.11. The molecular weight excluding hydrogens is 294 g/mol. The van der Waals surface area contributed by atoms with Gasteiger partial charge in [0.05, 0.1) is 27.0 Å². The summed E-state index contributed by atoms with van der Waals surface area (Å²) >= 11 is 0. The van der Waals surface area contributed by atoms with Crippen molar-refractivity contribution in [1.29, 1.82) is 0 Å². The van der Waals surface area contributed by atoms with E-state index in [2.05, 4.69) is 0 Å². The van der Waals surface area contributed by atoms with E-state index in [9.17, 15) is 4.79 Å². The van der Waals surface area contributed by atoms with E-state index in [-0.39, 0.29) is 5.91 Å². The van der Waals surface area contributed by atoms with Crippen molar-refractivity contribution in [3.63, 3.8) is 0 Å². The fraction of sp³-hybridized carbons (Fsp3) is 0.278. The summed E-state index contributed by atoms with van der Waals surface area (Å²) in [6, 6.07) is 10.9. The molecule has 0 unspecified atom stereocenters. The van der Waals surface area contributed by atoms with E-state index in [1.807, 2.05) is 31.2 Å². The van der Waals surface area contributed by atoms with Crippen molar-refractivity contribution in [1.82, 2.24) is 0 Å². The summed E-state index contributed by atoms with van der Waals surface area (Å²) in [7, 11) is 6.34. The molecule has 0 aliphatic carbocycles. The number of rotatable bonds is 5. The van der Waals surface area contributed by atoms with Crippen LogP contribution in [0.4, 0.5) is 5.69 Å². The standard InChI is InChI=1S/C18H21NO4/c1-12-6-8-13(9-7-12)18(20)19(2)14-10-15(21-3)17(23-5)16(11-14)22-4/h6-11H,1-5H3. The molecule has 0 atom stereocenters. The van der Waals surface area contributed by atoms with E-state index in [4.69, 9.17) is 14.2 Å². The molecule has 5 heteroatoms. The largest absolute Gasteiger partial charge is 0.493 e. The third kappa shape index (κ3) is 3.39. The summed E-state index contributed by atoms with van der Waals surface area (Å²) in [5.74, 6) is 1.39. The van der Waals surface area contributed by atoms with Gasteiger partial charge in [-0.2, -0.15) is 0 Å². The predicted octanol–water partition coefficient (Wildman–Crippen LogP) is 3.30. The Hall–Kier alpha value is -2.69. The Morgan fingerprint density at radius 3 is 1.87 bits per heavy atom. The van der Waals surface area contributed by atoms with Gasteiger partial charge in [0, 0.05) is 24.7 Å². The van der Waals surface area contributed by atoms with Gasteiger partial charge in [-0.1, -0.05) is 17.7 Å². The Labute approximate surface area is 136 Å². The summed E-state index contributed by atoms with van der Waals surface area (Å²) in [5, 5.41) is 0. The van der Waals surface area contributed by atoms with Crippen molar-refractivity contribution in [2.45, 2.75) is 6.92 Å². The van der Waals surface area contributed by atoms with Crippen LogP contribution in [-0.2, 0) is 0 Å². The lowest BCUT2D eigenvalue weighted by Crippen LogP contribution is -2.26. The Morgan fingerprint density at radius 1 is 0.913 bits per heavy atom. The number of amides is 1. The van der Waals surface area contributed by atoms with Gasteiger partial charge in [0.25, 0.3) is 5.91 Å². The minimum absolute atomic E-state index is 0.112. The van der Waals surface area contributed by atoms with Gasteiger partial charge in [-0.05, 0) is 19.1 Å². The van der Waals surface area contributed by atoms with Gasteiger partial charge in [0.15, 0.2) is 11.5 Å². The first-order chi connectivity index (χ1) is 11.0. The number of hydrogen-bond acceptors (Lipinski definition) is 4. The van der Waals surface area contributed by atoms with Gasteiger partial charge >= 0.3 is 0 Å². The predicted molar refractivity (Wildman–Crippen MR) is 90.0 cm³/mol. The first kappa shape index (κ1) is 16.7. The zero-order valence-electron chi connectivity index (χ0n) is 14.0. The molecule has 0 aliphatic rings. The average molecular weight is 315 g/mol. The highest BCUT2D eigenvalue weighted by atomic mass is 16.5. The molecule has 0 saturated carbocycles. The molecule has 0 aromatic heterocycles. The van der Waals surface area contributed by atoms with Crippen LogP contribution in [-0.4, -0.2) is 34.3 Å². The van der Waals surface area contributed by atoms with Crippen molar-refractivity contribution in [3.8, 4) is 17.2 Å². The van der Waals surface area contributed by atoms with Crippen LogP contribution in [0.5, 0.6) is 17.2 Å². The summed E-state index contributed by atoms with van der Waals surface area (Å²) in [6.45, 7) is 1.98. The molecule has 0 spiro atoms. The number of carbonyl (C=O) groups is 1. The Balaban J connectivity index is 2.40. The maximum Gasteiger partial charge on any atom is 0.258 e. The van der Waals surface area contributed by atoms with E-state index in [1.165, 1.54) is 0 Å². The van der Waals surface area contributed by atoms with Crippen LogP contribution >= 0.6 is 0 Å². The smallest absolute Gasteiger partial charge is 0.258 e. The maximum atomic E-state index is 12.6. The fourth-order valence-electron chi connectivity index (χ4n) is 2.27. The van der Waals surface area contributed by atoms with Crippen LogP contribution in [0.15, 0.2) is 36.4 Å². The van der Waals surface area contributed by atoms with Crippen molar-refractivity contribution >= 4 is 11.6 Å². The first-order valence-electron chi connectivity index (χ1n) is 7.16. The number of aryl methyl sites for hydroxylation is 1. The molecule has 0 radical (unpaired) electrons. The Morgan fingerprint density at radius 2 is 1.43 bits per heavy atom. The van der Waals surface area contributed by atoms with Gasteiger partial charge in [-0.25, -0.2) is 0 Å². The van der Waals surface area contributed by atoms with E-state index in [1.54, 1.807) is 45.4 Å². The number of carbonyl (C=O) groups excluding carboxylic acids is 1. The number of anilines is 1. The van der Waals surface area contributed by atoms with Crippen LogP contribution in [0.25, 0.3) is 0 Å². The van der Waals surface area contributed by atoms with Crippen molar-refractivity contribution < 1.29 is 19.0 Å². The van der Waals surface area contributed by atoms with Crippen LogP contribution in [0.1, 0.15) is 15.9 Å². The maximum absolute atomic E-state index is 12.6. The molecule has 1 amide bonds. The molecule has 0 heterocycles. The van der Waals surface area contributed by atoms with E-state index >= 15 is 0 Å². The summed E-state index contributed by atoms with van der Waals surface area (Å²) in [5.41, 5.74) is 2.38. The minimum Gasteiger partial charge on any atom is -0.493 e. The van der Waals surface area contributed by atoms with Gasteiger partial charge in [-0.3, -0.25) is 4.79 Å². The minimum atomic E-state index is -0.112. The third-order valence-corrected chi connectivity index (χ3v) is 3.64. The molecule has 0 saturated heterocycles. The highest BCUT2D eigenvalue weighted by Gasteiger charge is 2.19. The highest BCUT2D eigenvalue weighted by Crippen LogP contribution is 2.41. The molecule has 23 heavy (non-hydrogen) atoms. The molecule has 0 bridgehead atoms. The molecule has 0 aliphatic heterocycles. The molecule has 5 nitrogen and oxygen atoms in total. The Kier molecular flexibility index (Phi) is 5.11. The monoisotopic (exact) mass is 315 g/mol. The second kappa shape index (κ2) is 7.05. The molecule has 122 valence electrons. The van der Waals surface area contributed by atoms with Gasteiger partial charge < -0.3 is 19.1 Å². The lowest BCUT2D eigenvalue weighted by atomic mass is 10.1. The lowest BCUT2D eigenvalue weighted by molar-refractivity contribution is 0.0993. The van der Waals surface area contributed by atoms with Crippen molar-refractivity contribution in [3.05, 3.63) is 47.5 Å². The Bertz CT molecular complexity index is 670. The molecule has 2 rings (SSSR count). The van der Waals surface area contributed by atoms with Gasteiger partial charge in [0.1, 0.15) is 0 Å². The van der Waals surface area contributed by atoms with Crippen LogP contribution < -0.4 is 19.1 Å². The summed E-state index contributed by atoms with van der Waals surface area (Å²) < 4.78 is 16.0. The molecule has 0 N–H and O–H groups in total. The molecule has 2 aromatic carbocycles. The number of methoxy groups -OCH3 is 3. The topological polar surface area (TPSA) is 48.0 Å². The lowest BCUT2D eigenvalue weighted by Gasteiger charge is -2.21. The third-order valence-electron chi connectivity index (χ3n) is 3.64. The highest BCUT2D eigenvalue weighted by molar-refractivity contribution is 6.06. The number of nitrogens with zero attached hydrogens (tertiary/aromatic N) is 1. The van der Waals surface area contributed by atoms with E-state index in [0.29, 0.717) is 28.5 Å².